The summed E-state index contributed by atoms with van der Waals surface area (Å²) in [5, 5.41) is 2.90. The number of benzene rings is 1. The highest BCUT2D eigenvalue weighted by Gasteiger charge is 2.11. The van der Waals surface area contributed by atoms with E-state index >= 15 is 0 Å². The number of anilines is 1. The third kappa shape index (κ3) is 5.36. The molecule has 0 unspecified atom stereocenters. The average molecular weight is 312 g/mol. The molecule has 1 aromatic heterocycles. The maximum atomic E-state index is 12.1. The van der Waals surface area contributed by atoms with Gasteiger partial charge in [0.15, 0.2) is 0 Å². The molecule has 0 atom stereocenters. The Hall–Kier alpha value is -2.43. The average Bonchev–Trinajstić information content (AvgIpc) is 2.55. The number of amides is 1. The Morgan fingerprint density at radius 1 is 1.22 bits per heavy atom. The molecule has 0 fully saturated rings. The molecule has 0 aliphatic carbocycles. The van der Waals surface area contributed by atoms with Crippen LogP contribution in [0.3, 0.4) is 0 Å². The molecule has 122 valence electrons. The number of carbonyl (C=O) groups is 1. The van der Waals surface area contributed by atoms with E-state index in [4.69, 9.17) is 0 Å². The quantitative estimate of drug-likeness (QED) is 0.854. The highest BCUT2D eigenvalue weighted by molar-refractivity contribution is 5.92. The normalized spacial score (nSPS) is 10.6. The molecule has 1 heterocycles. The summed E-state index contributed by atoms with van der Waals surface area (Å²) in [5.41, 5.74) is 1.59. The molecule has 23 heavy (non-hydrogen) atoms. The van der Waals surface area contributed by atoms with E-state index in [1.165, 1.54) is 11.9 Å². The van der Waals surface area contributed by atoms with Gasteiger partial charge in [-0.3, -0.25) is 4.79 Å². The van der Waals surface area contributed by atoms with Gasteiger partial charge in [0, 0.05) is 26.2 Å². The van der Waals surface area contributed by atoms with Crippen LogP contribution in [-0.4, -0.2) is 29.5 Å². The fourth-order valence-corrected chi connectivity index (χ4v) is 2.18. The van der Waals surface area contributed by atoms with Crippen molar-refractivity contribution in [2.45, 2.75) is 26.8 Å². The van der Waals surface area contributed by atoms with Crippen LogP contribution in [0, 0.1) is 5.92 Å². The number of hydrogen-bond acceptors (Lipinski definition) is 4. The zero-order chi connectivity index (χ0) is 16.7. The topological polar surface area (TPSA) is 58.1 Å². The fourth-order valence-electron chi connectivity index (χ4n) is 2.18. The summed E-state index contributed by atoms with van der Waals surface area (Å²) in [6.07, 6.45) is 2.39. The zero-order valence-electron chi connectivity index (χ0n) is 14.0. The maximum absolute atomic E-state index is 12.1. The molecule has 0 saturated carbocycles. The van der Waals surface area contributed by atoms with Gasteiger partial charge in [-0.15, -0.1) is 0 Å². The summed E-state index contributed by atoms with van der Waals surface area (Å²) >= 11 is 0. The van der Waals surface area contributed by atoms with Crippen molar-refractivity contribution in [1.29, 1.82) is 0 Å². The number of aromatic nitrogens is 2. The summed E-state index contributed by atoms with van der Waals surface area (Å²) < 4.78 is 0. The molecule has 0 radical (unpaired) electrons. The molecule has 5 heteroatoms. The Bertz CT molecular complexity index is 628. The van der Waals surface area contributed by atoms with Gasteiger partial charge in [0.25, 0.3) is 5.91 Å². The molecular weight excluding hydrogens is 288 g/mol. The van der Waals surface area contributed by atoms with E-state index in [1.54, 1.807) is 6.07 Å². The van der Waals surface area contributed by atoms with Crippen molar-refractivity contribution in [3.8, 4) is 0 Å². The number of nitrogens with one attached hydrogen (secondary N) is 1. The Labute approximate surface area is 137 Å². The van der Waals surface area contributed by atoms with Crippen LogP contribution in [-0.2, 0) is 6.54 Å². The second-order valence-electron chi connectivity index (χ2n) is 6.04. The van der Waals surface area contributed by atoms with Crippen LogP contribution in [0.25, 0.3) is 0 Å². The largest absolute Gasteiger partial charge is 0.355 e. The van der Waals surface area contributed by atoms with Gasteiger partial charge in [0.1, 0.15) is 17.8 Å². The lowest BCUT2D eigenvalue weighted by molar-refractivity contribution is 0.0947. The number of hydrogen-bond donors (Lipinski definition) is 1. The third-order valence-electron chi connectivity index (χ3n) is 3.55. The van der Waals surface area contributed by atoms with Crippen molar-refractivity contribution in [3.05, 3.63) is 54.0 Å². The Balaban J connectivity index is 1.99. The summed E-state index contributed by atoms with van der Waals surface area (Å²) in [6.45, 7) is 5.66. The number of rotatable bonds is 7. The van der Waals surface area contributed by atoms with Crippen molar-refractivity contribution in [3.63, 3.8) is 0 Å². The Morgan fingerprint density at radius 2 is 1.96 bits per heavy atom. The first kappa shape index (κ1) is 16.9. The minimum atomic E-state index is -0.151. The van der Waals surface area contributed by atoms with Crippen molar-refractivity contribution in [2.75, 3.05) is 18.5 Å². The van der Waals surface area contributed by atoms with E-state index in [0.717, 1.165) is 18.8 Å². The van der Waals surface area contributed by atoms with Crippen LogP contribution in [0.15, 0.2) is 42.7 Å². The summed E-state index contributed by atoms with van der Waals surface area (Å²) in [6, 6.07) is 11.9. The zero-order valence-corrected chi connectivity index (χ0v) is 14.0. The molecule has 2 rings (SSSR count). The molecule has 1 N–H and O–H groups in total. The van der Waals surface area contributed by atoms with Gasteiger partial charge in [-0.2, -0.15) is 0 Å². The highest BCUT2D eigenvalue weighted by Crippen LogP contribution is 2.13. The second kappa shape index (κ2) is 8.27. The Morgan fingerprint density at radius 3 is 2.65 bits per heavy atom. The van der Waals surface area contributed by atoms with Gasteiger partial charge < -0.3 is 10.2 Å². The van der Waals surface area contributed by atoms with E-state index in [2.05, 4.69) is 41.3 Å². The lowest BCUT2D eigenvalue weighted by atomic mass is 10.1. The SMILES string of the molecule is CC(C)CCNC(=O)c1cc(N(C)Cc2ccccc2)ncn1. The first-order chi connectivity index (χ1) is 11.1. The first-order valence-electron chi connectivity index (χ1n) is 7.91. The number of nitrogens with zero attached hydrogens (tertiary/aromatic N) is 3. The summed E-state index contributed by atoms with van der Waals surface area (Å²) in [4.78, 5) is 22.5. The van der Waals surface area contributed by atoms with E-state index in [9.17, 15) is 4.79 Å². The molecule has 0 aliphatic rings. The molecule has 0 saturated heterocycles. The molecule has 0 bridgehead atoms. The van der Waals surface area contributed by atoms with Crippen LogP contribution in [0.2, 0.25) is 0 Å². The van der Waals surface area contributed by atoms with E-state index < -0.39 is 0 Å². The van der Waals surface area contributed by atoms with Crippen LogP contribution in [0.4, 0.5) is 5.82 Å². The van der Waals surface area contributed by atoms with Crippen LogP contribution in [0.1, 0.15) is 36.3 Å². The minimum Gasteiger partial charge on any atom is -0.355 e. The molecule has 0 aliphatic heterocycles. The van der Waals surface area contributed by atoms with Crippen molar-refractivity contribution >= 4 is 11.7 Å². The monoisotopic (exact) mass is 312 g/mol. The first-order valence-corrected chi connectivity index (χ1v) is 7.91. The van der Waals surface area contributed by atoms with Crippen LogP contribution >= 0.6 is 0 Å². The Kier molecular flexibility index (Phi) is 6.09. The van der Waals surface area contributed by atoms with Crippen LogP contribution < -0.4 is 10.2 Å². The van der Waals surface area contributed by atoms with E-state index in [1.807, 2.05) is 30.1 Å². The molecule has 2 aromatic rings. The van der Waals surface area contributed by atoms with Gasteiger partial charge in [0.05, 0.1) is 0 Å². The van der Waals surface area contributed by atoms with Gasteiger partial charge in [-0.05, 0) is 17.9 Å². The molecule has 0 spiro atoms. The van der Waals surface area contributed by atoms with Gasteiger partial charge in [-0.25, -0.2) is 9.97 Å². The lowest BCUT2D eigenvalue weighted by Crippen LogP contribution is -2.27. The van der Waals surface area contributed by atoms with E-state index in [-0.39, 0.29) is 5.91 Å². The van der Waals surface area contributed by atoms with E-state index in [0.29, 0.717) is 18.2 Å². The number of carbonyl (C=O) groups excluding carboxylic acids is 1. The standard InChI is InChI=1S/C18H24N4O/c1-14(2)9-10-19-18(23)16-11-17(21-13-20-16)22(3)12-15-7-5-4-6-8-15/h4-8,11,13-14H,9-10,12H2,1-3H3,(H,19,23). The van der Waals surface area contributed by atoms with Crippen LogP contribution in [0.5, 0.6) is 0 Å². The minimum absolute atomic E-state index is 0.151. The molecule has 1 amide bonds. The predicted molar refractivity (Wildman–Crippen MR) is 92.4 cm³/mol. The second-order valence-corrected chi connectivity index (χ2v) is 6.04. The van der Waals surface area contributed by atoms with Crippen molar-refractivity contribution in [2.24, 2.45) is 5.92 Å². The van der Waals surface area contributed by atoms with Crippen molar-refractivity contribution < 1.29 is 4.79 Å². The molecule has 5 nitrogen and oxygen atoms in total. The third-order valence-corrected chi connectivity index (χ3v) is 3.55. The smallest absolute Gasteiger partial charge is 0.270 e. The fraction of sp³-hybridized carbons (Fsp3) is 0.389. The molecular formula is C18H24N4O. The van der Waals surface area contributed by atoms with Gasteiger partial charge >= 0.3 is 0 Å². The predicted octanol–water partition coefficient (Wildman–Crippen LogP) is 2.89. The highest BCUT2D eigenvalue weighted by atomic mass is 16.1. The lowest BCUT2D eigenvalue weighted by Gasteiger charge is -2.18. The van der Waals surface area contributed by atoms with Crippen molar-refractivity contribution in [1.82, 2.24) is 15.3 Å². The summed E-state index contributed by atoms with van der Waals surface area (Å²) in [5.74, 6) is 1.15. The molecule has 1 aromatic carbocycles. The maximum Gasteiger partial charge on any atom is 0.270 e. The summed E-state index contributed by atoms with van der Waals surface area (Å²) in [7, 11) is 1.95. The van der Waals surface area contributed by atoms with Gasteiger partial charge in [0.2, 0.25) is 0 Å². The van der Waals surface area contributed by atoms with Gasteiger partial charge in [-0.1, -0.05) is 44.2 Å².